The van der Waals surface area contributed by atoms with Gasteiger partial charge in [0.1, 0.15) is 11.5 Å². The number of furan rings is 1. The molecule has 0 bridgehead atoms. The third kappa shape index (κ3) is 4.66. The molecule has 0 N–H and O–H groups in total. The summed E-state index contributed by atoms with van der Waals surface area (Å²) < 4.78 is 5.94. The van der Waals surface area contributed by atoms with E-state index in [2.05, 4.69) is 35.3 Å². The second-order valence-corrected chi connectivity index (χ2v) is 7.74. The van der Waals surface area contributed by atoms with E-state index in [0.29, 0.717) is 13.1 Å². The van der Waals surface area contributed by atoms with E-state index in [0.717, 1.165) is 46.7 Å². The third-order valence-electron chi connectivity index (χ3n) is 5.10. The summed E-state index contributed by atoms with van der Waals surface area (Å²) in [6.07, 6.45) is 4.91. The van der Waals surface area contributed by atoms with E-state index in [9.17, 15) is 4.79 Å². The number of rotatable bonds is 5. The summed E-state index contributed by atoms with van der Waals surface area (Å²) in [5.74, 6) is 2.06. The molecule has 1 amide bonds. The Labute approximate surface area is 172 Å². The minimum absolute atomic E-state index is 0.0737. The Kier molecular flexibility index (Phi) is 5.63. The van der Waals surface area contributed by atoms with Crippen LogP contribution in [0.4, 0.5) is 0 Å². The molecule has 2 heterocycles. The van der Waals surface area contributed by atoms with Gasteiger partial charge in [-0.05, 0) is 43.4 Å². The van der Waals surface area contributed by atoms with Gasteiger partial charge < -0.3 is 14.2 Å². The van der Waals surface area contributed by atoms with Crippen molar-refractivity contribution in [1.29, 1.82) is 0 Å². The lowest BCUT2D eigenvalue weighted by Gasteiger charge is -2.26. The first kappa shape index (κ1) is 19.2. The van der Waals surface area contributed by atoms with Crippen molar-refractivity contribution >= 4 is 18.1 Å². The van der Waals surface area contributed by atoms with Crippen LogP contribution in [-0.4, -0.2) is 36.3 Å². The second kappa shape index (κ2) is 8.50. The Bertz CT molecular complexity index is 1000. The Morgan fingerprint density at radius 1 is 1.03 bits per heavy atom. The van der Waals surface area contributed by atoms with E-state index in [4.69, 9.17) is 4.42 Å². The van der Waals surface area contributed by atoms with Gasteiger partial charge in [0.25, 0.3) is 5.91 Å². The van der Waals surface area contributed by atoms with E-state index in [1.807, 2.05) is 61.5 Å². The van der Waals surface area contributed by atoms with Crippen LogP contribution in [0.5, 0.6) is 0 Å². The monoisotopic (exact) mass is 386 g/mol. The summed E-state index contributed by atoms with van der Waals surface area (Å²) in [4.78, 5) is 16.9. The van der Waals surface area contributed by atoms with Crippen molar-refractivity contribution in [2.24, 2.45) is 0 Å². The highest BCUT2D eigenvalue weighted by Crippen LogP contribution is 2.25. The van der Waals surface area contributed by atoms with Gasteiger partial charge in [0.05, 0.1) is 6.54 Å². The third-order valence-corrected chi connectivity index (χ3v) is 5.10. The fourth-order valence-corrected chi connectivity index (χ4v) is 3.63. The highest BCUT2D eigenvalue weighted by molar-refractivity contribution is 5.94. The summed E-state index contributed by atoms with van der Waals surface area (Å²) in [7, 11) is 4.05. The smallest absolute Gasteiger partial charge is 0.254 e. The van der Waals surface area contributed by atoms with Gasteiger partial charge in [-0.3, -0.25) is 4.79 Å². The summed E-state index contributed by atoms with van der Waals surface area (Å²) >= 11 is 0. The molecule has 0 atom stereocenters. The average molecular weight is 386 g/mol. The molecular formula is C25H26N2O2. The molecule has 1 aliphatic rings. The highest BCUT2D eigenvalue weighted by Gasteiger charge is 2.25. The zero-order valence-electron chi connectivity index (χ0n) is 17.0. The Balaban J connectivity index is 1.42. The molecular weight excluding hydrogens is 360 g/mol. The number of carbonyl (C=O) groups excluding carboxylic acids is 1. The molecule has 2 aromatic carbocycles. The van der Waals surface area contributed by atoms with Gasteiger partial charge in [-0.15, -0.1) is 0 Å². The normalized spacial score (nSPS) is 13.8. The number of benzene rings is 2. The molecule has 0 aliphatic carbocycles. The molecule has 0 saturated carbocycles. The standard InChI is InChI=1S/C25H26N2O2/c1-26(2)18-23-16-22-17-27(15-14-24(22)29-23)25(28)21-12-10-20(11-13-21)9-8-19-6-4-3-5-7-19/h3-13,16H,14-15,17-18H2,1-2H3/b9-8-. The molecule has 4 heteroatoms. The van der Waals surface area contributed by atoms with Crippen LogP contribution in [0.3, 0.4) is 0 Å². The van der Waals surface area contributed by atoms with E-state index >= 15 is 0 Å². The topological polar surface area (TPSA) is 36.7 Å². The van der Waals surface area contributed by atoms with Crippen LogP contribution in [0.1, 0.15) is 38.6 Å². The molecule has 1 aliphatic heterocycles. The van der Waals surface area contributed by atoms with Crippen molar-refractivity contribution in [1.82, 2.24) is 9.80 Å². The maximum atomic E-state index is 13.0. The first-order chi connectivity index (χ1) is 14.1. The number of amides is 1. The van der Waals surface area contributed by atoms with Crippen molar-refractivity contribution in [3.8, 4) is 0 Å². The number of fused-ring (bicyclic) bond motifs is 1. The molecule has 4 rings (SSSR count). The van der Waals surface area contributed by atoms with Crippen LogP contribution >= 0.6 is 0 Å². The van der Waals surface area contributed by atoms with Gasteiger partial charge >= 0.3 is 0 Å². The highest BCUT2D eigenvalue weighted by atomic mass is 16.3. The molecule has 29 heavy (non-hydrogen) atoms. The van der Waals surface area contributed by atoms with Gasteiger partial charge in [0.15, 0.2) is 0 Å². The Morgan fingerprint density at radius 3 is 2.41 bits per heavy atom. The first-order valence-electron chi connectivity index (χ1n) is 9.96. The Morgan fingerprint density at radius 2 is 1.72 bits per heavy atom. The second-order valence-electron chi connectivity index (χ2n) is 7.74. The maximum absolute atomic E-state index is 13.0. The van der Waals surface area contributed by atoms with Crippen molar-refractivity contribution < 1.29 is 9.21 Å². The number of nitrogens with zero attached hydrogens (tertiary/aromatic N) is 2. The van der Waals surface area contributed by atoms with Gasteiger partial charge in [-0.1, -0.05) is 54.6 Å². The zero-order valence-corrected chi connectivity index (χ0v) is 17.0. The van der Waals surface area contributed by atoms with Crippen molar-refractivity contribution in [3.63, 3.8) is 0 Å². The fourth-order valence-electron chi connectivity index (χ4n) is 3.63. The lowest BCUT2D eigenvalue weighted by Crippen LogP contribution is -2.35. The largest absolute Gasteiger partial charge is 0.464 e. The van der Waals surface area contributed by atoms with Gasteiger partial charge in [-0.2, -0.15) is 0 Å². The van der Waals surface area contributed by atoms with Crippen LogP contribution < -0.4 is 0 Å². The van der Waals surface area contributed by atoms with Gasteiger partial charge in [0, 0.05) is 30.6 Å². The van der Waals surface area contributed by atoms with Gasteiger partial charge in [-0.25, -0.2) is 0 Å². The van der Waals surface area contributed by atoms with Crippen LogP contribution in [-0.2, 0) is 19.5 Å². The maximum Gasteiger partial charge on any atom is 0.254 e. The quantitative estimate of drug-likeness (QED) is 0.596. The predicted molar refractivity (Wildman–Crippen MR) is 116 cm³/mol. The summed E-state index contributed by atoms with van der Waals surface area (Å²) in [6.45, 7) is 2.08. The molecule has 0 radical (unpaired) electrons. The average Bonchev–Trinajstić information content (AvgIpc) is 3.13. The number of hydrogen-bond acceptors (Lipinski definition) is 3. The fraction of sp³-hybridized carbons (Fsp3) is 0.240. The molecule has 1 aromatic heterocycles. The van der Waals surface area contributed by atoms with Crippen molar-refractivity contribution in [3.05, 3.63) is 94.4 Å². The molecule has 0 saturated heterocycles. The Hall–Kier alpha value is -3.11. The van der Waals surface area contributed by atoms with Crippen LogP contribution in [0.25, 0.3) is 12.2 Å². The predicted octanol–water partition coefficient (Wildman–Crippen LogP) is 4.71. The lowest BCUT2D eigenvalue weighted by molar-refractivity contribution is 0.0729. The molecule has 0 fully saturated rings. The van der Waals surface area contributed by atoms with Crippen molar-refractivity contribution in [2.75, 3.05) is 20.6 Å². The number of carbonyl (C=O) groups is 1. The van der Waals surface area contributed by atoms with Gasteiger partial charge in [0.2, 0.25) is 0 Å². The van der Waals surface area contributed by atoms with Crippen LogP contribution in [0.15, 0.2) is 65.1 Å². The summed E-state index contributed by atoms with van der Waals surface area (Å²) in [5, 5.41) is 0. The molecule has 148 valence electrons. The molecule has 3 aromatic rings. The van der Waals surface area contributed by atoms with E-state index in [-0.39, 0.29) is 5.91 Å². The first-order valence-corrected chi connectivity index (χ1v) is 9.96. The molecule has 0 unspecified atom stereocenters. The van der Waals surface area contributed by atoms with E-state index in [1.165, 1.54) is 0 Å². The van der Waals surface area contributed by atoms with Crippen molar-refractivity contribution in [2.45, 2.75) is 19.5 Å². The van der Waals surface area contributed by atoms with Crippen LogP contribution in [0, 0.1) is 0 Å². The number of hydrogen-bond donors (Lipinski definition) is 0. The SMILES string of the molecule is CN(C)Cc1cc2c(o1)CCN(C(=O)c1ccc(/C=C\c3ccccc3)cc1)C2. The van der Waals surface area contributed by atoms with E-state index < -0.39 is 0 Å². The summed E-state index contributed by atoms with van der Waals surface area (Å²) in [6, 6.07) is 20.1. The molecule has 0 spiro atoms. The minimum Gasteiger partial charge on any atom is -0.464 e. The zero-order chi connectivity index (χ0) is 20.2. The van der Waals surface area contributed by atoms with Crippen LogP contribution in [0.2, 0.25) is 0 Å². The minimum atomic E-state index is 0.0737. The lowest BCUT2D eigenvalue weighted by atomic mass is 10.1. The summed E-state index contributed by atoms with van der Waals surface area (Å²) in [5.41, 5.74) is 4.09. The molecule has 4 nitrogen and oxygen atoms in total. The van der Waals surface area contributed by atoms with E-state index in [1.54, 1.807) is 0 Å².